The summed E-state index contributed by atoms with van der Waals surface area (Å²) in [6.07, 6.45) is 6.85. The van der Waals surface area contributed by atoms with Gasteiger partial charge in [0.05, 0.1) is 11.2 Å². The molecule has 2 N–H and O–H groups in total. The van der Waals surface area contributed by atoms with Gasteiger partial charge >= 0.3 is 12.0 Å². The van der Waals surface area contributed by atoms with Crippen molar-refractivity contribution in [2.75, 3.05) is 31.1 Å². The number of amides is 2. The van der Waals surface area contributed by atoms with Crippen molar-refractivity contribution in [1.29, 1.82) is 0 Å². The number of carbonyl (C=O) groups is 2. The SMILES string of the molecule is C#CCSCCNC(=O)N1CCCC(C(C)(C)C(=O)O)C1. The summed E-state index contributed by atoms with van der Waals surface area (Å²) in [5, 5.41) is 12.2. The molecule has 1 saturated heterocycles. The molecule has 2 amide bonds. The second-order valence-corrected chi connectivity index (χ2v) is 6.91. The van der Waals surface area contributed by atoms with Crippen LogP contribution < -0.4 is 5.32 Å². The van der Waals surface area contributed by atoms with Crippen molar-refractivity contribution in [3.8, 4) is 12.3 Å². The minimum atomic E-state index is -0.805. The first-order chi connectivity index (χ1) is 9.89. The van der Waals surface area contributed by atoms with Gasteiger partial charge in [-0.05, 0) is 32.6 Å². The summed E-state index contributed by atoms with van der Waals surface area (Å²) in [6, 6.07) is -0.109. The van der Waals surface area contributed by atoms with Crippen LogP contribution in [0.15, 0.2) is 0 Å². The van der Waals surface area contributed by atoms with Gasteiger partial charge in [0.2, 0.25) is 0 Å². The summed E-state index contributed by atoms with van der Waals surface area (Å²) in [5.41, 5.74) is -0.804. The molecular weight excluding hydrogens is 288 g/mol. The Bertz CT molecular complexity index is 418. The predicted molar refractivity (Wildman–Crippen MR) is 85.3 cm³/mol. The van der Waals surface area contributed by atoms with Crippen molar-refractivity contribution in [3.05, 3.63) is 0 Å². The summed E-state index contributed by atoms with van der Waals surface area (Å²) in [7, 11) is 0. The third-order valence-corrected chi connectivity index (χ3v) is 4.85. The van der Waals surface area contributed by atoms with E-state index in [1.54, 1.807) is 30.5 Å². The Morgan fingerprint density at radius 2 is 2.24 bits per heavy atom. The highest BCUT2D eigenvalue weighted by Gasteiger charge is 2.39. The lowest BCUT2D eigenvalue weighted by molar-refractivity contribution is -0.151. The quantitative estimate of drug-likeness (QED) is 0.580. The number of terminal acetylenes is 1. The van der Waals surface area contributed by atoms with Crippen LogP contribution in [-0.4, -0.2) is 53.1 Å². The van der Waals surface area contributed by atoms with Crippen molar-refractivity contribution >= 4 is 23.8 Å². The van der Waals surface area contributed by atoms with Crippen LogP contribution in [0.3, 0.4) is 0 Å². The van der Waals surface area contributed by atoms with Crippen LogP contribution in [0.1, 0.15) is 26.7 Å². The monoisotopic (exact) mass is 312 g/mol. The van der Waals surface area contributed by atoms with Gasteiger partial charge in [0, 0.05) is 25.4 Å². The number of thioether (sulfide) groups is 1. The number of carboxylic acids is 1. The molecule has 1 fully saturated rings. The van der Waals surface area contributed by atoms with Gasteiger partial charge in [-0.1, -0.05) is 5.92 Å². The normalized spacial score (nSPS) is 18.9. The van der Waals surface area contributed by atoms with Gasteiger partial charge in [-0.25, -0.2) is 4.79 Å². The molecule has 0 aromatic heterocycles. The first-order valence-corrected chi connectivity index (χ1v) is 8.32. The second kappa shape index (κ2) is 8.18. The molecule has 0 spiro atoms. The number of nitrogens with zero attached hydrogens (tertiary/aromatic N) is 1. The number of rotatable bonds is 6. The average molecular weight is 312 g/mol. The summed E-state index contributed by atoms with van der Waals surface area (Å²) in [6.45, 7) is 5.24. The Balaban J connectivity index is 2.43. The highest BCUT2D eigenvalue weighted by molar-refractivity contribution is 7.99. The van der Waals surface area contributed by atoms with Gasteiger partial charge in [-0.2, -0.15) is 0 Å². The molecule has 1 aliphatic rings. The van der Waals surface area contributed by atoms with Gasteiger partial charge in [0.1, 0.15) is 0 Å². The molecule has 6 heteroatoms. The van der Waals surface area contributed by atoms with E-state index in [0.29, 0.717) is 25.4 Å². The van der Waals surface area contributed by atoms with Crippen LogP contribution in [0.2, 0.25) is 0 Å². The molecule has 1 atom stereocenters. The van der Waals surface area contributed by atoms with Gasteiger partial charge in [0.25, 0.3) is 0 Å². The van der Waals surface area contributed by atoms with Crippen LogP contribution in [0.4, 0.5) is 4.79 Å². The van der Waals surface area contributed by atoms with Gasteiger partial charge in [-0.15, -0.1) is 18.2 Å². The Hall–Kier alpha value is -1.35. The number of hydrogen-bond donors (Lipinski definition) is 2. The molecule has 118 valence electrons. The molecular formula is C15H24N2O3S. The fraction of sp³-hybridized carbons (Fsp3) is 0.733. The molecule has 1 aliphatic heterocycles. The van der Waals surface area contributed by atoms with Crippen LogP contribution in [0, 0.1) is 23.7 Å². The molecule has 1 rings (SSSR count). The fourth-order valence-electron chi connectivity index (χ4n) is 2.40. The molecule has 0 aliphatic carbocycles. The minimum Gasteiger partial charge on any atom is -0.481 e. The summed E-state index contributed by atoms with van der Waals surface area (Å²) < 4.78 is 0. The van der Waals surface area contributed by atoms with E-state index in [2.05, 4.69) is 11.2 Å². The van der Waals surface area contributed by atoms with Gasteiger partial charge in [0.15, 0.2) is 0 Å². The maximum Gasteiger partial charge on any atom is 0.317 e. The predicted octanol–water partition coefficient (Wildman–Crippen LogP) is 1.89. The van der Waals surface area contributed by atoms with Crippen molar-refractivity contribution in [2.45, 2.75) is 26.7 Å². The van der Waals surface area contributed by atoms with Crippen molar-refractivity contribution in [3.63, 3.8) is 0 Å². The Morgan fingerprint density at radius 3 is 2.86 bits per heavy atom. The van der Waals surface area contributed by atoms with Crippen molar-refractivity contribution in [2.24, 2.45) is 11.3 Å². The minimum absolute atomic E-state index is 0.00897. The average Bonchev–Trinajstić information content (AvgIpc) is 2.46. The van der Waals surface area contributed by atoms with E-state index in [0.717, 1.165) is 18.6 Å². The molecule has 0 bridgehead atoms. The first-order valence-electron chi connectivity index (χ1n) is 7.17. The highest BCUT2D eigenvalue weighted by Crippen LogP contribution is 2.34. The molecule has 0 aromatic carbocycles. The largest absolute Gasteiger partial charge is 0.481 e. The van der Waals surface area contributed by atoms with Crippen LogP contribution in [-0.2, 0) is 4.79 Å². The maximum absolute atomic E-state index is 12.1. The number of hydrogen-bond acceptors (Lipinski definition) is 3. The number of carbonyl (C=O) groups excluding carboxylic acids is 1. The summed E-state index contributed by atoms with van der Waals surface area (Å²) in [4.78, 5) is 25.1. The lowest BCUT2D eigenvalue weighted by Crippen LogP contribution is -2.50. The van der Waals surface area contributed by atoms with Gasteiger partial charge in [-0.3, -0.25) is 4.79 Å². The van der Waals surface area contributed by atoms with E-state index in [1.807, 2.05) is 0 Å². The highest BCUT2D eigenvalue weighted by atomic mass is 32.2. The number of nitrogens with one attached hydrogen (secondary N) is 1. The molecule has 0 saturated carbocycles. The molecule has 1 heterocycles. The van der Waals surface area contributed by atoms with E-state index in [-0.39, 0.29) is 11.9 Å². The zero-order chi connectivity index (χ0) is 15.9. The number of carboxylic acid groups (broad SMARTS) is 1. The zero-order valence-electron chi connectivity index (χ0n) is 12.7. The van der Waals surface area contributed by atoms with Crippen LogP contribution >= 0.6 is 11.8 Å². The molecule has 0 radical (unpaired) electrons. The number of piperidine rings is 1. The van der Waals surface area contributed by atoms with E-state index in [4.69, 9.17) is 6.42 Å². The van der Waals surface area contributed by atoms with Crippen LogP contribution in [0.25, 0.3) is 0 Å². The molecule has 1 unspecified atom stereocenters. The van der Waals surface area contributed by atoms with Crippen molar-refractivity contribution < 1.29 is 14.7 Å². The summed E-state index contributed by atoms with van der Waals surface area (Å²) in [5.74, 6) is 3.16. The Kier molecular flexibility index (Phi) is 6.90. The zero-order valence-corrected chi connectivity index (χ0v) is 13.5. The number of aliphatic carboxylic acids is 1. The smallest absolute Gasteiger partial charge is 0.317 e. The third-order valence-electron chi connectivity index (χ3n) is 3.99. The molecule has 21 heavy (non-hydrogen) atoms. The number of urea groups is 1. The summed E-state index contributed by atoms with van der Waals surface area (Å²) >= 11 is 1.60. The third kappa shape index (κ3) is 5.16. The number of likely N-dealkylation sites (tertiary alicyclic amines) is 1. The van der Waals surface area contributed by atoms with E-state index >= 15 is 0 Å². The van der Waals surface area contributed by atoms with E-state index < -0.39 is 11.4 Å². The van der Waals surface area contributed by atoms with E-state index in [9.17, 15) is 14.7 Å². The van der Waals surface area contributed by atoms with Crippen LogP contribution in [0.5, 0.6) is 0 Å². The fourth-order valence-corrected chi connectivity index (χ4v) is 2.91. The standard InChI is InChI=1S/C15H24N2O3S/c1-4-9-21-10-7-16-14(20)17-8-5-6-12(11-17)15(2,3)13(18)19/h1,12H,5-11H2,2-3H3,(H,16,20)(H,18,19). The second-order valence-electron chi connectivity index (χ2n) is 5.80. The Labute approximate surface area is 130 Å². The Morgan fingerprint density at radius 1 is 1.52 bits per heavy atom. The lowest BCUT2D eigenvalue weighted by atomic mass is 9.74. The molecule has 5 nitrogen and oxygen atoms in total. The first kappa shape index (κ1) is 17.7. The van der Waals surface area contributed by atoms with Gasteiger partial charge < -0.3 is 15.3 Å². The topological polar surface area (TPSA) is 69.6 Å². The van der Waals surface area contributed by atoms with Crippen molar-refractivity contribution in [1.82, 2.24) is 10.2 Å². The molecule has 0 aromatic rings. The van der Waals surface area contributed by atoms with E-state index in [1.165, 1.54) is 0 Å². The maximum atomic E-state index is 12.1. The lowest BCUT2D eigenvalue weighted by Gasteiger charge is -2.39.